The minimum absolute atomic E-state index is 0.00514. The van der Waals surface area contributed by atoms with Gasteiger partial charge in [-0.25, -0.2) is 4.79 Å². The van der Waals surface area contributed by atoms with Crippen LogP contribution in [0.1, 0.15) is 10.4 Å². The lowest BCUT2D eigenvalue weighted by Crippen LogP contribution is -2.57. The average Bonchev–Trinajstić information content (AvgIpc) is 2.45. The van der Waals surface area contributed by atoms with Crippen molar-refractivity contribution < 1.29 is 49.8 Å². The van der Waals surface area contributed by atoms with Crippen LogP contribution in [-0.2, 0) is 4.79 Å². The smallest absolute Gasteiger partial charge is 0.460 e. The van der Waals surface area contributed by atoms with Crippen LogP contribution < -0.4 is 9.47 Å². The molecule has 0 bridgehead atoms. The van der Waals surface area contributed by atoms with Crippen molar-refractivity contribution in [2.45, 2.75) is 18.0 Å². The minimum atomic E-state index is -6.69. The third-order valence-electron chi connectivity index (χ3n) is 2.56. The van der Waals surface area contributed by atoms with Gasteiger partial charge in [0.15, 0.2) is 17.8 Å². The van der Waals surface area contributed by atoms with Crippen LogP contribution in [-0.4, -0.2) is 37.4 Å². The Labute approximate surface area is 123 Å². The maximum Gasteiger partial charge on any atom is 0.460 e. The highest BCUT2D eigenvalue weighted by Crippen LogP contribution is 2.47. The SMILES string of the molecule is COc1cccc(C=O)c1OC(=O)C(F)(F)C(F)(F)C(F)(F)F. The normalized spacial score (nSPS) is 12.7. The van der Waals surface area contributed by atoms with E-state index in [4.69, 9.17) is 0 Å². The number of alkyl halides is 7. The third-order valence-corrected chi connectivity index (χ3v) is 2.56. The number of rotatable bonds is 5. The molecule has 4 nitrogen and oxygen atoms in total. The Morgan fingerprint density at radius 2 is 1.65 bits per heavy atom. The van der Waals surface area contributed by atoms with Crippen LogP contribution >= 0.6 is 0 Å². The molecule has 0 saturated heterocycles. The molecule has 0 saturated carbocycles. The summed E-state index contributed by atoms with van der Waals surface area (Å²) in [4.78, 5) is 21.9. The number of carbonyl (C=O) groups excluding carboxylic acids is 2. The molecule has 0 amide bonds. The molecule has 0 unspecified atom stereocenters. The summed E-state index contributed by atoms with van der Waals surface area (Å²) in [5, 5.41) is 0. The van der Waals surface area contributed by atoms with Crippen LogP contribution in [0.4, 0.5) is 30.7 Å². The van der Waals surface area contributed by atoms with Gasteiger partial charge in [-0.1, -0.05) is 6.07 Å². The highest BCUT2D eigenvalue weighted by molar-refractivity contribution is 5.87. The molecule has 0 radical (unpaired) electrons. The Morgan fingerprint density at radius 1 is 1.09 bits per heavy atom. The van der Waals surface area contributed by atoms with Crippen molar-refractivity contribution >= 4 is 12.3 Å². The summed E-state index contributed by atoms with van der Waals surface area (Å²) in [6.45, 7) is 0. The van der Waals surface area contributed by atoms with Gasteiger partial charge >= 0.3 is 24.0 Å². The zero-order valence-electron chi connectivity index (χ0n) is 11.1. The first-order chi connectivity index (χ1) is 10.4. The van der Waals surface area contributed by atoms with Gasteiger partial charge in [0.1, 0.15) is 0 Å². The largest absolute Gasteiger partial charge is 0.493 e. The molecular formula is C12H7F7O4. The topological polar surface area (TPSA) is 52.6 Å². The maximum absolute atomic E-state index is 13.2. The van der Waals surface area contributed by atoms with Crippen LogP contribution in [0.15, 0.2) is 18.2 Å². The molecule has 0 aromatic heterocycles. The zero-order chi connectivity index (χ0) is 18.1. The van der Waals surface area contributed by atoms with Gasteiger partial charge in [0.2, 0.25) is 0 Å². The molecule has 1 rings (SSSR count). The van der Waals surface area contributed by atoms with E-state index >= 15 is 0 Å². The van der Waals surface area contributed by atoms with Crippen molar-refractivity contribution in [3.63, 3.8) is 0 Å². The standard InChI is InChI=1S/C12H7F7O4/c1-22-7-4-2-3-6(5-20)8(7)23-9(21)10(13,14)11(15,16)12(17,18)19/h2-5H,1H3. The van der Waals surface area contributed by atoms with Crippen LogP contribution in [0.3, 0.4) is 0 Å². The number of aldehydes is 1. The minimum Gasteiger partial charge on any atom is -0.493 e. The lowest BCUT2D eigenvalue weighted by Gasteiger charge is -2.26. The molecule has 1 aromatic carbocycles. The summed E-state index contributed by atoms with van der Waals surface area (Å²) in [5.41, 5.74) is -0.566. The fourth-order valence-corrected chi connectivity index (χ4v) is 1.36. The second kappa shape index (κ2) is 6.05. The van der Waals surface area contributed by atoms with E-state index in [-0.39, 0.29) is 6.29 Å². The van der Waals surface area contributed by atoms with Gasteiger partial charge in [-0.05, 0) is 12.1 Å². The fraction of sp³-hybridized carbons (Fsp3) is 0.333. The predicted octanol–water partition coefficient (Wildman–Crippen LogP) is 3.25. The van der Waals surface area contributed by atoms with E-state index in [1.54, 1.807) is 0 Å². The first kappa shape index (κ1) is 18.7. The van der Waals surface area contributed by atoms with E-state index in [0.29, 0.717) is 0 Å². The van der Waals surface area contributed by atoms with Gasteiger partial charge in [0.25, 0.3) is 0 Å². The number of esters is 1. The fourth-order valence-electron chi connectivity index (χ4n) is 1.36. The number of hydrogen-bond acceptors (Lipinski definition) is 4. The Hall–Kier alpha value is -2.33. The van der Waals surface area contributed by atoms with E-state index in [1.165, 1.54) is 6.07 Å². The first-order valence-corrected chi connectivity index (χ1v) is 5.57. The molecule has 0 heterocycles. The molecule has 0 aliphatic carbocycles. The number of hydrogen-bond donors (Lipinski definition) is 0. The molecule has 0 N–H and O–H groups in total. The molecule has 128 valence electrons. The lowest BCUT2D eigenvalue weighted by atomic mass is 10.1. The van der Waals surface area contributed by atoms with Crippen molar-refractivity contribution in [2.24, 2.45) is 0 Å². The van der Waals surface area contributed by atoms with Crippen molar-refractivity contribution in [1.82, 2.24) is 0 Å². The summed E-state index contributed by atoms with van der Waals surface area (Å²) >= 11 is 0. The molecule has 0 aliphatic rings. The Morgan fingerprint density at radius 3 is 2.09 bits per heavy atom. The third kappa shape index (κ3) is 3.22. The number of benzene rings is 1. The molecular weight excluding hydrogens is 341 g/mol. The molecule has 0 spiro atoms. The van der Waals surface area contributed by atoms with Gasteiger partial charge < -0.3 is 9.47 Å². The van der Waals surface area contributed by atoms with Crippen molar-refractivity contribution in [3.05, 3.63) is 23.8 Å². The Balaban J connectivity index is 3.26. The number of para-hydroxylation sites is 1. The summed E-state index contributed by atoms with van der Waals surface area (Å²) in [6, 6.07) is 3.12. The number of carbonyl (C=O) groups is 2. The summed E-state index contributed by atoms with van der Waals surface area (Å²) in [5.74, 6) is -17.6. The summed E-state index contributed by atoms with van der Waals surface area (Å²) in [6.07, 6.45) is -6.69. The van der Waals surface area contributed by atoms with Crippen molar-refractivity contribution in [3.8, 4) is 11.5 Å². The van der Waals surface area contributed by atoms with E-state index < -0.39 is 41.1 Å². The van der Waals surface area contributed by atoms with Crippen molar-refractivity contribution in [2.75, 3.05) is 7.11 Å². The van der Waals surface area contributed by atoms with Crippen LogP contribution in [0.25, 0.3) is 0 Å². The molecule has 1 aromatic rings. The second-order valence-corrected chi connectivity index (χ2v) is 4.03. The van der Waals surface area contributed by atoms with E-state index in [0.717, 1.165) is 19.2 Å². The highest BCUT2D eigenvalue weighted by Gasteiger charge is 2.77. The maximum atomic E-state index is 13.2. The quantitative estimate of drug-likeness (QED) is 0.355. The van der Waals surface area contributed by atoms with Crippen LogP contribution in [0, 0.1) is 0 Å². The Bertz CT molecular complexity index is 610. The average molecular weight is 348 g/mol. The van der Waals surface area contributed by atoms with E-state index in [2.05, 4.69) is 9.47 Å². The van der Waals surface area contributed by atoms with Gasteiger partial charge in [0.05, 0.1) is 12.7 Å². The highest BCUT2D eigenvalue weighted by atomic mass is 19.4. The van der Waals surface area contributed by atoms with Gasteiger partial charge in [-0.2, -0.15) is 30.7 Å². The predicted molar refractivity (Wildman–Crippen MR) is 60.0 cm³/mol. The number of methoxy groups -OCH3 is 1. The van der Waals surface area contributed by atoms with E-state index in [9.17, 15) is 40.3 Å². The Kier molecular flexibility index (Phi) is 4.92. The number of halogens is 7. The molecule has 0 fully saturated rings. The monoisotopic (exact) mass is 348 g/mol. The number of ether oxygens (including phenoxy) is 2. The van der Waals surface area contributed by atoms with Gasteiger partial charge in [-0.15, -0.1) is 0 Å². The van der Waals surface area contributed by atoms with Gasteiger partial charge in [0, 0.05) is 0 Å². The summed E-state index contributed by atoms with van der Waals surface area (Å²) < 4.78 is 96.3. The second-order valence-electron chi connectivity index (χ2n) is 4.03. The molecule has 11 heteroatoms. The van der Waals surface area contributed by atoms with Crippen molar-refractivity contribution in [1.29, 1.82) is 0 Å². The molecule has 0 atom stereocenters. The van der Waals surface area contributed by atoms with Gasteiger partial charge in [-0.3, -0.25) is 4.79 Å². The van der Waals surface area contributed by atoms with Crippen LogP contribution in [0.2, 0.25) is 0 Å². The van der Waals surface area contributed by atoms with Crippen LogP contribution in [0.5, 0.6) is 11.5 Å². The zero-order valence-corrected chi connectivity index (χ0v) is 11.1. The van der Waals surface area contributed by atoms with E-state index in [1.807, 2.05) is 0 Å². The molecule has 0 aliphatic heterocycles. The first-order valence-electron chi connectivity index (χ1n) is 5.57. The molecule has 23 heavy (non-hydrogen) atoms. The lowest BCUT2D eigenvalue weighted by molar-refractivity contribution is -0.346. The summed E-state index contributed by atoms with van der Waals surface area (Å²) in [7, 11) is 0.962.